The topological polar surface area (TPSA) is 82.5 Å². The van der Waals surface area contributed by atoms with Crippen LogP contribution in [0.5, 0.6) is 0 Å². The highest BCUT2D eigenvalue weighted by molar-refractivity contribution is 5.95. The first-order valence-corrected chi connectivity index (χ1v) is 8.93. The number of oxime groups is 1. The van der Waals surface area contributed by atoms with Crippen molar-refractivity contribution in [2.45, 2.75) is 25.2 Å². The number of carbonyl (C=O) groups excluding carboxylic acids is 1. The molecule has 1 aromatic heterocycles. The fraction of sp³-hybridized carbons (Fsp3) is 0.190. The van der Waals surface area contributed by atoms with Crippen molar-refractivity contribution in [3.63, 3.8) is 0 Å². The number of hydrogen-bond acceptors (Lipinski definition) is 4. The Morgan fingerprint density at radius 3 is 2.68 bits per heavy atom. The summed E-state index contributed by atoms with van der Waals surface area (Å²) in [5.41, 5.74) is 8.18. The van der Waals surface area contributed by atoms with E-state index in [2.05, 4.69) is 10.3 Å². The van der Waals surface area contributed by atoms with Gasteiger partial charge in [-0.1, -0.05) is 29.4 Å². The van der Waals surface area contributed by atoms with Gasteiger partial charge < -0.3 is 10.6 Å². The minimum Gasteiger partial charge on any atom is -0.384 e. The second-order valence-corrected chi connectivity index (χ2v) is 6.88. The molecule has 4 rings (SSSR count). The molecule has 1 saturated carbocycles. The quantitative estimate of drug-likeness (QED) is 0.319. The number of carbonyl (C=O) groups is 1. The van der Waals surface area contributed by atoms with Crippen LogP contribution in [-0.2, 0) is 10.3 Å². The summed E-state index contributed by atoms with van der Waals surface area (Å²) in [6.45, 7) is 1.89. The number of aromatic nitrogens is 2. The molecule has 0 saturated heterocycles. The molecular formula is C21H19FN4O2. The molecule has 2 N–H and O–H groups in total. The lowest BCUT2D eigenvalue weighted by Crippen LogP contribution is -2.30. The zero-order valence-electron chi connectivity index (χ0n) is 15.3. The maximum atomic E-state index is 13.7. The van der Waals surface area contributed by atoms with Crippen molar-refractivity contribution in [3.8, 4) is 5.69 Å². The van der Waals surface area contributed by atoms with E-state index in [1.54, 1.807) is 23.0 Å². The highest BCUT2D eigenvalue weighted by Gasteiger charge is 2.49. The van der Waals surface area contributed by atoms with Crippen LogP contribution in [0, 0.1) is 12.7 Å². The van der Waals surface area contributed by atoms with E-state index >= 15 is 0 Å². The fourth-order valence-electron chi connectivity index (χ4n) is 3.28. The Labute approximate surface area is 161 Å². The second kappa shape index (κ2) is 6.92. The van der Waals surface area contributed by atoms with Crippen molar-refractivity contribution >= 4 is 11.8 Å². The van der Waals surface area contributed by atoms with Crippen molar-refractivity contribution in [2.24, 2.45) is 10.9 Å². The molecule has 3 aromatic rings. The summed E-state index contributed by atoms with van der Waals surface area (Å²) < 4.78 is 15.2. The Kier molecular flexibility index (Phi) is 4.43. The van der Waals surface area contributed by atoms with Crippen LogP contribution in [0.4, 0.5) is 4.39 Å². The number of halogens is 1. The van der Waals surface area contributed by atoms with E-state index in [1.165, 1.54) is 12.1 Å². The molecule has 0 spiro atoms. The first-order chi connectivity index (χ1) is 13.5. The third-order valence-electron chi connectivity index (χ3n) is 5.00. The zero-order valence-corrected chi connectivity index (χ0v) is 15.3. The standard InChI is InChI=1S/C21H19FN4O2/c1-14-7-8-15(22)13-17(14)21(10-11-21)20(23)25-28-19(27)18-9-12-26(24-18)16-5-3-2-4-6-16/h2-9,12-13H,10-11H2,1H3,(H2,23,25). The van der Waals surface area contributed by atoms with Crippen molar-refractivity contribution < 1.29 is 14.0 Å². The van der Waals surface area contributed by atoms with Crippen molar-refractivity contribution in [3.05, 3.63) is 83.4 Å². The van der Waals surface area contributed by atoms with Gasteiger partial charge in [-0.05, 0) is 61.2 Å². The summed E-state index contributed by atoms with van der Waals surface area (Å²) in [6, 6.07) is 15.5. The number of rotatable bonds is 5. The van der Waals surface area contributed by atoms with E-state index in [1.807, 2.05) is 37.3 Å². The number of aryl methyl sites for hydroxylation is 1. The molecule has 2 aromatic carbocycles. The average Bonchev–Trinajstić information content (AvgIpc) is 3.37. The summed E-state index contributed by atoms with van der Waals surface area (Å²) in [7, 11) is 0. The van der Waals surface area contributed by atoms with Gasteiger partial charge in [-0.25, -0.2) is 13.9 Å². The Morgan fingerprint density at radius 1 is 1.21 bits per heavy atom. The zero-order chi connectivity index (χ0) is 19.7. The molecule has 1 aliphatic carbocycles. The third kappa shape index (κ3) is 3.26. The van der Waals surface area contributed by atoms with Crippen LogP contribution in [-0.4, -0.2) is 21.6 Å². The highest BCUT2D eigenvalue weighted by atomic mass is 19.1. The van der Waals surface area contributed by atoms with Crippen LogP contribution in [0.1, 0.15) is 34.5 Å². The maximum absolute atomic E-state index is 13.7. The lowest BCUT2D eigenvalue weighted by Gasteiger charge is -2.17. The number of amidine groups is 1. The molecule has 0 bridgehead atoms. The Bertz CT molecular complexity index is 1060. The lowest BCUT2D eigenvalue weighted by atomic mass is 9.91. The van der Waals surface area contributed by atoms with E-state index in [-0.39, 0.29) is 17.3 Å². The van der Waals surface area contributed by atoms with E-state index in [0.29, 0.717) is 0 Å². The van der Waals surface area contributed by atoms with Gasteiger partial charge in [0, 0.05) is 6.20 Å². The largest absolute Gasteiger partial charge is 0.385 e. The molecule has 28 heavy (non-hydrogen) atoms. The molecule has 0 radical (unpaired) electrons. The van der Waals surface area contributed by atoms with Crippen LogP contribution in [0.2, 0.25) is 0 Å². The summed E-state index contributed by atoms with van der Waals surface area (Å²) >= 11 is 0. The monoisotopic (exact) mass is 378 g/mol. The average molecular weight is 378 g/mol. The molecule has 1 heterocycles. The fourth-order valence-corrected chi connectivity index (χ4v) is 3.28. The molecule has 0 aliphatic heterocycles. The number of hydrogen-bond donors (Lipinski definition) is 1. The minimum atomic E-state index is -0.704. The lowest BCUT2D eigenvalue weighted by molar-refractivity contribution is 0.0506. The first-order valence-electron chi connectivity index (χ1n) is 8.93. The number of nitrogens with two attached hydrogens (primary N) is 1. The number of para-hydroxylation sites is 1. The second-order valence-electron chi connectivity index (χ2n) is 6.88. The number of nitrogens with zero attached hydrogens (tertiary/aromatic N) is 3. The molecule has 0 amide bonds. The number of benzene rings is 2. The first kappa shape index (κ1) is 17.9. The molecule has 0 unspecified atom stereocenters. The molecule has 142 valence electrons. The predicted molar refractivity (Wildman–Crippen MR) is 103 cm³/mol. The van der Waals surface area contributed by atoms with Crippen molar-refractivity contribution in [1.29, 1.82) is 0 Å². The van der Waals surface area contributed by atoms with Gasteiger partial charge in [-0.2, -0.15) is 5.10 Å². The van der Waals surface area contributed by atoms with Gasteiger partial charge >= 0.3 is 5.97 Å². The van der Waals surface area contributed by atoms with Gasteiger partial charge in [0.05, 0.1) is 11.1 Å². The van der Waals surface area contributed by atoms with Crippen LogP contribution >= 0.6 is 0 Å². The summed E-state index contributed by atoms with van der Waals surface area (Å²) in [6.07, 6.45) is 3.12. The summed E-state index contributed by atoms with van der Waals surface area (Å²) in [5.74, 6) is -0.871. The van der Waals surface area contributed by atoms with E-state index in [9.17, 15) is 9.18 Å². The van der Waals surface area contributed by atoms with Gasteiger partial charge in [-0.3, -0.25) is 0 Å². The smallest absolute Gasteiger partial charge is 0.384 e. The molecule has 7 heteroatoms. The van der Waals surface area contributed by atoms with E-state index in [0.717, 1.165) is 29.7 Å². The van der Waals surface area contributed by atoms with Crippen LogP contribution < -0.4 is 5.73 Å². The van der Waals surface area contributed by atoms with E-state index < -0.39 is 11.4 Å². The van der Waals surface area contributed by atoms with Crippen LogP contribution in [0.3, 0.4) is 0 Å². The predicted octanol–water partition coefficient (Wildman–Crippen LogP) is 3.48. The van der Waals surface area contributed by atoms with E-state index in [4.69, 9.17) is 10.6 Å². The van der Waals surface area contributed by atoms with Gasteiger partial charge in [0.2, 0.25) is 0 Å². The molecular weight excluding hydrogens is 359 g/mol. The van der Waals surface area contributed by atoms with Gasteiger partial charge in [-0.15, -0.1) is 0 Å². The normalized spacial score (nSPS) is 15.3. The Morgan fingerprint density at radius 2 is 1.96 bits per heavy atom. The molecule has 6 nitrogen and oxygen atoms in total. The molecule has 0 atom stereocenters. The Hall–Kier alpha value is -3.48. The van der Waals surface area contributed by atoms with Crippen LogP contribution in [0.15, 0.2) is 65.9 Å². The van der Waals surface area contributed by atoms with Crippen LogP contribution in [0.25, 0.3) is 5.69 Å². The highest BCUT2D eigenvalue weighted by Crippen LogP contribution is 2.49. The van der Waals surface area contributed by atoms with Gasteiger partial charge in [0.1, 0.15) is 5.82 Å². The third-order valence-corrected chi connectivity index (χ3v) is 5.00. The van der Waals surface area contributed by atoms with Gasteiger partial charge in [0.25, 0.3) is 0 Å². The van der Waals surface area contributed by atoms with Crippen molar-refractivity contribution in [1.82, 2.24) is 9.78 Å². The summed E-state index contributed by atoms with van der Waals surface area (Å²) in [5, 5.41) is 8.04. The maximum Gasteiger partial charge on any atom is 0.385 e. The van der Waals surface area contributed by atoms with Crippen molar-refractivity contribution in [2.75, 3.05) is 0 Å². The minimum absolute atomic E-state index is 0.118. The molecule has 1 aliphatic rings. The molecule has 1 fully saturated rings. The Balaban J connectivity index is 1.50. The van der Waals surface area contributed by atoms with Gasteiger partial charge in [0.15, 0.2) is 11.5 Å². The summed E-state index contributed by atoms with van der Waals surface area (Å²) in [4.78, 5) is 17.3. The SMILES string of the molecule is Cc1ccc(F)cc1C1(/C(N)=N/OC(=O)c2ccn(-c3ccccc3)n2)CC1.